The quantitative estimate of drug-likeness (QED) is 0.0657. The van der Waals surface area contributed by atoms with Crippen LogP contribution in [0.5, 0.6) is 23.0 Å². The van der Waals surface area contributed by atoms with Crippen molar-refractivity contribution in [2.45, 2.75) is 39.5 Å². The maximum atomic E-state index is 6.89. The average Bonchev–Trinajstić information content (AvgIpc) is 3.35. The second kappa shape index (κ2) is 17.8. The standard InChI is InChI=1S/C60H49NO2/c1-3-21-49(42-35-36-44-41-58(52-32-18-17-31-51(52)56(44)39-42)61(45-23-9-5-10-24-45)46-25-11-6-12-26-46)50(22-4-2)43-37-38-55-57(40-43)60(63-48-29-15-8-16-30-48)54-34-20-19-33-53(54)59(55)62-47-27-13-7-14-28-47/h5-20,23-41H,3-4,21-22H2,1-2H3/b50-49+. The number of benzene rings is 10. The van der Waals surface area contributed by atoms with Gasteiger partial charge in [0.25, 0.3) is 0 Å². The third-order valence-electron chi connectivity index (χ3n) is 12.0. The number of hydrogen-bond acceptors (Lipinski definition) is 3. The van der Waals surface area contributed by atoms with Gasteiger partial charge < -0.3 is 14.4 Å². The number of nitrogens with zero attached hydrogens (tertiary/aromatic N) is 1. The summed E-state index contributed by atoms with van der Waals surface area (Å²) >= 11 is 0. The van der Waals surface area contributed by atoms with Gasteiger partial charge in [0, 0.05) is 38.3 Å². The van der Waals surface area contributed by atoms with E-state index < -0.39 is 0 Å². The Bertz CT molecular complexity index is 3190. The van der Waals surface area contributed by atoms with Gasteiger partial charge in [-0.2, -0.15) is 0 Å². The van der Waals surface area contributed by atoms with Gasteiger partial charge in [-0.25, -0.2) is 0 Å². The minimum atomic E-state index is 0.796. The molecule has 10 aromatic carbocycles. The molecule has 0 aliphatic carbocycles. The zero-order valence-corrected chi connectivity index (χ0v) is 35.8. The summed E-state index contributed by atoms with van der Waals surface area (Å²) in [5.41, 5.74) is 8.63. The molecular formula is C60H49NO2. The van der Waals surface area contributed by atoms with E-state index in [-0.39, 0.29) is 0 Å². The van der Waals surface area contributed by atoms with E-state index in [0.717, 1.165) is 87.3 Å². The summed E-state index contributed by atoms with van der Waals surface area (Å²) in [4.78, 5) is 2.38. The van der Waals surface area contributed by atoms with Gasteiger partial charge in [-0.05, 0) is 124 Å². The van der Waals surface area contributed by atoms with Crippen LogP contribution in [0.1, 0.15) is 50.7 Å². The Balaban J connectivity index is 1.17. The van der Waals surface area contributed by atoms with Crippen molar-refractivity contribution in [2.75, 3.05) is 4.90 Å². The SMILES string of the molecule is CCC/C(=C(/CCC)c1ccc2cc(N(c3ccccc3)c3ccccc3)c3ccccc3c2c1)c1ccc2c(Oc3ccccc3)c3ccccc3c(Oc3ccccc3)c2c1. The van der Waals surface area contributed by atoms with Crippen LogP contribution < -0.4 is 14.4 Å². The van der Waals surface area contributed by atoms with E-state index in [1.54, 1.807) is 0 Å². The molecular weight excluding hydrogens is 767 g/mol. The first-order chi connectivity index (χ1) is 31.2. The van der Waals surface area contributed by atoms with Crippen molar-refractivity contribution in [3.8, 4) is 23.0 Å². The van der Waals surface area contributed by atoms with Crippen molar-refractivity contribution >= 4 is 71.3 Å². The zero-order chi connectivity index (χ0) is 42.5. The van der Waals surface area contributed by atoms with Crippen molar-refractivity contribution in [3.05, 3.63) is 223 Å². The molecule has 0 aromatic heterocycles. The highest BCUT2D eigenvalue weighted by Crippen LogP contribution is 2.48. The Morgan fingerprint density at radius 2 is 0.778 bits per heavy atom. The predicted octanol–water partition coefficient (Wildman–Crippen LogP) is 17.9. The molecule has 0 N–H and O–H groups in total. The first-order valence-electron chi connectivity index (χ1n) is 22.2. The van der Waals surface area contributed by atoms with Gasteiger partial charge in [-0.1, -0.05) is 166 Å². The molecule has 0 aliphatic rings. The number of rotatable bonds is 13. The molecule has 0 saturated carbocycles. The molecule has 10 aromatic rings. The van der Waals surface area contributed by atoms with E-state index in [2.05, 4.69) is 170 Å². The van der Waals surface area contributed by atoms with Crippen molar-refractivity contribution in [1.82, 2.24) is 0 Å². The third kappa shape index (κ3) is 7.79. The lowest BCUT2D eigenvalue weighted by molar-refractivity contribution is 0.486. The van der Waals surface area contributed by atoms with Crippen LogP contribution >= 0.6 is 0 Å². The Hall–Kier alpha value is -7.62. The highest BCUT2D eigenvalue weighted by atomic mass is 16.5. The smallest absolute Gasteiger partial charge is 0.143 e. The molecule has 0 bridgehead atoms. The summed E-state index contributed by atoms with van der Waals surface area (Å²) in [5.74, 6) is 3.25. The minimum Gasteiger partial charge on any atom is -0.456 e. The molecule has 3 nitrogen and oxygen atoms in total. The summed E-state index contributed by atoms with van der Waals surface area (Å²) in [7, 11) is 0. The molecule has 0 saturated heterocycles. The molecule has 0 spiro atoms. The van der Waals surface area contributed by atoms with E-state index in [0.29, 0.717) is 0 Å². The molecule has 0 fully saturated rings. The van der Waals surface area contributed by atoms with E-state index >= 15 is 0 Å². The van der Waals surface area contributed by atoms with Gasteiger partial charge in [0.15, 0.2) is 0 Å². The summed E-state index contributed by atoms with van der Waals surface area (Å²) in [6, 6.07) is 75.2. The summed E-state index contributed by atoms with van der Waals surface area (Å²) < 4.78 is 13.7. The van der Waals surface area contributed by atoms with Gasteiger partial charge in [0.05, 0.1) is 5.69 Å². The van der Waals surface area contributed by atoms with Crippen LogP contribution in [-0.2, 0) is 0 Å². The summed E-state index contributed by atoms with van der Waals surface area (Å²) in [5, 5.41) is 8.95. The number of allylic oxidation sites excluding steroid dienone is 2. The van der Waals surface area contributed by atoms with Crippen molar-refractivity contribution < 1.29 is 9.47 Å². The van der Waals surface area contributed by atoms with Gasteiger partial charge in [0.1, 0.15) is 23.0 Å². The second-order valence-electron chi connectivity index (χ2n) is 16.1. The molecule has 306 valence electrons. The van der Waals surface area contributed by atoms with Gasteiger partial charge in [0.2, 0.25) is 0 Å². The van der Waals surface area contributed by atoms with Gasteiger partial charge in [-0.15, -0.1) is 0 Å². The van der Waals surface area contributed by atoms with Crippen molar-refractivity contribution in [2.24, 2.45) is 0 Å². The summed E-state index contributed by atoms with van der Waals surface area (Å²) in [6.45, 7) is 4.58. The van der Waals surface area contributed by atoms with E-state index in [4.69, 9.17) is 9.47 Å². The lowest BCUT2D eigenvalue weighted by Gasteiger charge is -2.27. The molecule has 3 heteroatoms. The number of ether oxygens (including phenoxy) is 2. The lowest BCUT2D eigenvalue weighted by Crippen LogP contribution is -2.10. The maximum absolute atomic E-state index is 6.89. The highest BCUT2D eigenvalue weighted by Gasteiger charge is 2.22. The molecule has 63 heavy (non-hydrogen) atoms. The Labute approximate surface area is 370 Å². The highest BCUT2D eigenvalue weighted by molar-refractivity contribution is 6.16. The van der Waals surface area contributed by atoms with Crippen LogP contribution in [0.15, 0.2) is 212 Å². The van der Waals surface area contributed by atoms with Crippen LogP contribution in [0.3, 0.4) is 0 Å². The fourth-order valence-electron chi connectivity index (χ4n) is 9.19. The van der Waals surface area contributed by atoms with E-state index in [1.807, 2.05) is 60.7 Å². The normalized spacial score (nSPS) is 11.8. The van der Waals surface area contributed by atoms with E-state index in [1.165, 1.54) is 43.8 Å². The largest absolute Gasteiger partial charge is 0.456 e. The molecule has 10 rings (SSSR count). The van der Waals surface area contributed by atoms with Crippen LogP contribution in [0, 0.1) is 0 Å². The molecule has 0 unspecified atom stereocenters. The Morgan fingerprint density at radius 1 is 0.365 bits per heavy atom. The Morgan fingerprint density at radius 3 is 1.30 bits per heavy atom. The van der Waals surface area contributed by atoms with E-state index in [9.17, 15) is 0 Å². The first kappa shape index (κ1) is 39.5. The van der Waals surface area contributed by atoms with Gasteiger partial charge in [-0.3, -0.25) is 0 Å². The van der Waals surface area contributed by atoms with Gasteiger partial charge >= 0.3 is 0 Å². The predicted molar refractivity (Wildman–Crippen MR) is 267 cm³/mol. The van der Waals surface area contributed by atoms with Crippen LogP contribution in [0.4, 0.5) is 17.1 Å². The Kier molecular flexibility index (Phi) is 11.1. The molecule has 0 heterocycles. The first-order valence-corrected chi connectivity index (χ1v) is 22.2. The summed E-state index contributed by atoms with van der Waals surface area (Å²) in [6.07, 6.45) is 3.94. The third-order valence-corrected chi connectivity index (χ3v) is 12.0. The fourth-order valence-corrected chi connectivity index (χ4v) is 9.19. The monoisotopic (exact) mass is 815 g/mol. The molecule has 0 aliphatic heterocycles. The van der Waals surface area contributed by atoms with Crippen LogP contribution in [0.25, 0.3) is 54.2 Å². The molecule has 0 amide bonds. The topological polar surface area (TPSA) is 21.7 Å². The van der Waals surface area contributed by atoms with Crippen LogP contribution in [0.2, 0.25) is 0 Å². The molecule has 0 atom stereocenters. The number of para-hydroxylation sites is 4. The zero-order valence-electron chi connectivity index (χ0n) is 35.8. The number of anilines is 3. The molecule has 0 radical (unpaired) electrons. The number of hydrogen-bond donors (Lipinski definition) is 0. The number of fused-ring (bicyclic) bond motifs is 5. The van der Waals surface area contributed by atoms with Crippen molar-refractivity contribution in [1.29, 1.82) is 0 Å². The lowest BCUT2D eigenvalue weighted by atomic mass is 9.86. The second-order valence-corrected chi connectivity index (χ2v) is 16.1. The minimum absolute atomic E-state index is 0.796. The van der Waals surface area contributed by atoms with Crippen LogP contribution in [-0.4, -0.2) is 0 Å². The van der Waals surface area contributed by atoms with Crippen molar-refractivity contribution in [3.63, 3.8) is 0 Å². The fraction of sp³-hybridized carbons (Fsp3) is 0.100. The maximum Gasteiger partial charge on any atom is 0.143 e. The average molecular weight is 816 g/mol.